The van der Waals surface area contributed by atoms with Gasteiger partial charge in [-0.25, -0.2) is 0 Å². The van der Waals surface area contributed by atoms with Crippen molar-refractivity contribution in [2.75, 3.05) is 27.2 Å². The van der Waals surface area contributed by atoms with Crippen molar-refractivity contribution in [2.24, 2.45) is 4.99 Å². The molecule has 1 aromatic rings. The van der Waals surface area contributed by atoms with E-state index in [0.717, 1.165) is 17.9 Å². The number of hydrogen-bond donors (Lipinski definition) is 0. The molecule has 0 N–H and O–H groups in total. The quantitative estimate of drug-likeness (QED) is 0.722. The maximum absolute atomic E-state index is 5.64. The highest BCUT2D eigenvalue weighted by Gasteiger charge is 2.01. The Labute approximate surface area is 129 Å². The van der Waals surface area contributed by atoms with Crippen LogP contribution in [0.1, 0.15) is 33.4 Å². The topological polar surface area (TPSA) is 37.7 Å². The fourth-order valence-electron chi connectivity index (χ4n) is 1.45. The Balaban J connectivity index is 0.00000191. The SMILES string of the molecule is C/C=C(\N=CC(C)OCCN(C)C)c1ccccn1.CC. The molecule has 4 nitrogen and oxygen atoms in total. The predicted molar refractivity (Wildman–Crippen MR) is 91.7 cm³/mol. The first-order valence-corrected chi connectivity index (χ1v) is 7.51. The standard InChI is InChI=1S/C15H23N3O.C2H6/c1-5-14(15-8-6-7-9-16-15)17-12-13(2)19-11-10-18(3)4;1-2/h5-9,12-13H,10-11H2,1-4H3;1-2H3/b14-5-,17-12?;. The van der Waals surface area contributed by atoms with Crippen molar-refractivity contribution in [1.82, 2.24) is 9.88 Å². The molecule has 0 fully saturated rings. The van der Waals surface area contributed by atoms with Gasteiger partial charge in [0.1, 0.15) is 0 Å². The number of allylic oxidation sites excluding steroid dienone is 1. The van der Waals surface area contributed by atoms with E-state index < -0.39 is 0 Å². The van der Waals surface area contributed by atoms with Crippen molar-refractivity contribution in [1.29, 1.82) is 0 Å². The van der Waals surface area contributed by atoms with Crippen molar-refractivity contribution in [2.45, 2.75) is 33.8 Å². The smallest absolute Gasteiger partial charge is 0.0898 e. The largest absolute Gasteiger partial charge is 0.372 e. The Morgan fingerprint density at radius 2 is 2.10 bits per heavy atom. The molecule has 0 amide bonds. The number of pyridine rings is 1. The summed E-state index contributed by atoms with van der Waals surface area (Å²) >= 11 is 0. The van der Waals surface area contributed by atoms with Gasteiger partial charge in [-0.1, -0.05) is 26.0 Å². The summed E-state index contributed by atoms with van der Waals surface area (Å²) in [5.41, 5.74) is 1.74. The van der Waals surface area contributed by atoms with Crippen molar-refractivity contribution in [3.8, 4) is 0 Å². The third-order valence-electron chi connectivity index (χ3n) is 2.54. The molecule has 1 rings (SSSR count). The molecule has 0 aromatic carbocycles. The number of ether oxygens (including phenoxy) is 1. The van der Waals surface area contributed by atoms with Gasteiger partial charge in [0, 0.05) is 19.0 Å². The lowest BCUT2D eigenvalue weighted by Gasteiger charge is -2.12. The van der Waals surface area contributed by atoms with Crippen molar-refractivity contribution in [3.05, 3.63) is 36.2 Å². The molecule has 21 heavy (non-hydrogen) atoms. The number of aliphatic imine (C=N–C) groups is 1. The van der Waals surface area contributed by atoms with E-state index >= 15 is 0 Å². The van der Waals surface area contributed by atoms with E-state index in [9.17, 15) is 0 Å². The Morgan fingerprint density at radius 1 is 1.38 bits per heavy atom. The molecule has 0 aliphatic rings. The Bertz CT molecular complexity index is 413. The maximum atomic E-state index is 5.64. The molecule has 1 aromatic heterocycles. The van der Waals surface area contributed by atoms with Crippen LogP contribution in [0.3, 0.4) is 0 Å². The van der Waals surface area contributed by atoms with E-state index in [-0.39, 0.29) is 6.10 Å². The summed E-state index contributed by atoms with van der Waals surface area (Å²) in [6.45, 7) is 9.56. The first-order valence-electron chi connectivity index (χ1n) is 7.51. The molecule has 0 aliphatic carbocycles. The van der Waals surface area contributed by atoms with E-state index in [0.29, 0.717) is 6.61 Å². The summed E-state index contributed by atoms with van der Waals surface area (Å²) in [6, 6.07) is 5.80. The molecule has 118 valence electrons. The van der Waals surface area contributed by atoms with Gasteiger partial charge in [0.2, 0.25) is 0 Å². The number of nitrogens with zero attached hydrogens (tertiary/aromatic N) is 3. The normalized spacial score (nSPS) is 13.2. The number of rotatable bonds is 7. The van der Waals surface area contributed by atoms with Gasteiger partial charge >= 0.3 is 0 Å². The van der Waals surface area contributed by atoms with Gasteiger partial charge in [-0.05, 0) is 40.1 Å². The van der Waals surface area contributed by atoms with Gasteiger partial charge in [0.15, 0.2) is 0 Å². The highest BCUT2D eigenvalue weighted by atomic mass is 16.5. The molecule has 0 spiro atoms. The highest BCUT2D eigenvalue weighted by Crippen LogP contribution is 2.11. The van der Waals surface area contributed by atoms with Gasteiger partial charge < -0.3 is 9.64 Å². The van der Waals surface area contributed by atoms with E-state index in [2.05, 4.69) is 14.9 Å². The second-order valence-electron chi connectivity index (χ2n) is 4.55. The first kappa shape index (κ1) is 19.5. The van der Waals surface area contributed by atoms with E-state index in [1.54, 1.807) is 6.20 Å². The lowest BCUT2D eigenvalue weighted by Crippen LogP contribution is -2.21. The first-order chi connectivity index (χ1) is 10.1. The average Bonchev–Trinajstić information content (AvgIpc) is 2.50. The Hall–Kier alpha value is -1.52. The van der Waals surface area contributed by atoms with Crippen molar-refractivity contribution in [3.63, 3.8) is 0 Å². The zero-order valence-corrected chi connectivity index (χ0v) is 14.2. The molecule has 0 radical (unpaired) electrons. The third kappa shape index (κ3) is 9.10. The summed E-state index contributed by atoms with van der Waals surface area (Å²) in [5.74, 6) is 0. The zero-order valence-electron chi connectivity index (χ0n) is 14.2. The van der Waals surface area contributed by atoms with Crippen LogP contribution in [0.15, 0.2) is 35.5 Å². The summed E-state index contributed by atoms with van der Waals surface area (Å²) in [6.07, 6.45) is 5.54. The number of likely N-dealkylation sites (N-methyl/N-ethyl adjacent to an activating group) is 1. The third-order valence-corrected chi connectivity index (χ3v) is 2.54. The number of aromatic nitrogens is 1. The second-order valence-corrected chi connectivity index (χ2v) is 4.55. The predicted octanol–water partition coefficient (Wildman–Crippen LogP) is 3.51. The van der Waals surface area contributed by atoms with Crippen LogP contribution in [0, 0.1) is 0 Å². The monoisotopic (exact) mass is 291 g/mol. The van der Waals surface area contributed by atoms with Gasteiger partial charge in [0.25, 0.3) is 0 Å². The van der Waals surface area contributed by atoms with Gasteiger partial charge in [-0.2, -0.15) is 0 Å². The minimum absolute atomic E-state index is 0.00128. The average molecular weight is 291 g/mol. The summed E-state index contributed by atoms with van der Waals surface area (Å²) in [4.78, 5) is 10.8. The van der Waals surface area contributed by atoms with Crippen LogP contribution in [0.5, 0.6) is 0 Å². The maximum Gasteiger partial charge on any atom is 0.0898 e. The molecule has 1 atom stereocenters. The van der Waals surface area contributed by atoms with E-state index in [1.165, 1.54) is 0 Å². The zero-order chi connectivity index (χ0) is 16.1. The van der Waals surface area contributed by atoms with Crippen LogP contribution in [-0.4, -0.2) is 49.4 Å². The minimum atomic E-state index is -0.00128. The van der Waals surface area contributed by atoms with Gasteiger partial charge in [0.05, 0.1) is 24.1 Å². The summed E-state index contributed by atoms with van der Waals surface area (Å²) < 4.78 is 5.64. The van der Waals surface area contributed by atoms with Gasteiger partial charge in [-0.15, -0.1) is 0 Å². The highest BCUT2D eigenvalue weighted by molar-refractivity contribution is 5.74. The van der Waals surface area contributed by atoms with E-state index in [1.807, 2.05) is 72.3 Å². The second kappa shape index (κ2) is 12.2. The lowest BCUT2D eigenvalue weighted by atomic mass is 10.2. The van der Waals surface area contributed by atoms with Crippen LogP contribution in [0.25, 0.3) is 5.70 Å². The van der Waals surface area contributed by atoms with Crippen LogP contribution in [-0.2, 0) is 4.74 Å². The Kier molecular flexibility index (Phi) is 11.4. The Morgan fingerprint density at radius 3 is 2.62 bits per heavy atom. The number of hydrogen-bond acceptors (Lipinski definition) is 4. The molecule has 1 heterocycles. The molecule has 0 saturated carbocycles. The van der Waals surface area contributed by atoms with E-state index in [4.69, 9.17) is 4.74 Å². The molecular formula is C17H29N3O. The van der Waals surface area contributed by atoms with Crippen molar-refractivity contribution >= 4 is 11.9 Å². The molecular weight excluding hydrogens is 262 g/mol. The van der Waals surface area contributed by atoms with Crippen LogP contribution in [0.4, 0.5) is 0 Å². The van der Waals surface area contributed by atoms with Gasteiger partial charge in [-0.3, -0.25) is 9.98 Å². The fourth-order valence-corrected chi connectivity index (χ4v) is 1.45. The van der Waals surface area contributed by atoms with Crippen LogP contribution in [0.2, 0.25) is 0 Å². The molecule has 1 unspecified atom stereocenters. The van der Waals surface area contributed by atoms with Crippen molar-refractivity contribution < 1.29 is 4.74 Å². The molecule has 4 heteroatoms. The molecule has 0 saturated heterocycles. The van der Waals surface area contributed by atoms with Crippen LogP contribution >= 0.6 is 0 Å². The summed E-state index contributed by atoms with van der Waals surface area (Å²) in [7, 11) is 4.06. The molecule has 0 aliphatic heterocycles. The minimum Gasteiger partial charge on any atom is -0.372 e. The summed E-state index contributed by atoms with van der Waals surface area (Å²) in [5, 5.41) is 0. The fraction of sp³-hybridized carbons (Fsp3) is 0.529. The molecule has 0 bridgehead atoms. The lowest BCUT2D eigenvalue weighted by molar-refractivity contribution is 0.0982. The van der Waals surface area contributed by atoms with Crippen LogP contribution < -0.4 is 0 Å².